The number of nitrogens with zero attached hydrogens (tertiary/aromatic N) is 2. The van der Waals surface area contributed by atoms with E-state index >= 15 is 0 Å². The molecule has 0 bridgehead atoms. The van der Waals surface area contributed by atoms with Crippen LogP contribution in [0.5, 0.6) is 0 Å². The van der Waals surface area contributed by atoms with Gasteiger partial charge in [0.2, 0.25) is 5.95 Å². The van der Waals surface area contributed by atoms with E-state index in [4.69, 9.17) is 11.6 Å². The molecule has 1 heterocycles. The highest BCUT2D eigenvalue weighted by molar-refractivity contribution is 6.33. The molecule has 0 unspecified atom stereocenters. The number of anilines is 4. The molecule has 0 aliphatic rings. The number of hydrogen-bond donors (Lipinski definition) is 3. The maximum Gasteiger partial charge on any atom is 0.337 e. The molecule has 3 rings (SSSR count). The lowest BCUT2D eigenvalue weighted by Gasteiger charge is -2.10. The first kappa shape index (κ1) is 15.8. The topological polar surface area (TPSA) is 87.1 Å². The Morgan fingerprint density at radius 3 is 2.42 bits per heavy atom. The van der Waals surface area contributed by atoms with Crippen molar-refractivity contribution in [3.63, 3.8) is 0 Å². The molecular weight excluding hydrogens is 328 g/mol. The fraction of sp³-hybridized carbons (Fsp3) is 0. The van der Waals surface area contributed by atoms with E-state index in [0.29, 0.717) is 16.5 Å². The van der Waals surface area contributed by atoms with Crippen molar-refractivity contribution < 1.29 is 9.90 Å². The highest BCUT2D eigenvalue weighted by atomic mass is 35.5. The molecule has 0 amide bonds. The highest BCUT2D eigenvalue weighted by Gasteiger charge is 2.10. The van der Waals surface area contributed by atoms with Crippen LogP contribution >= 0.6 is 11.6 Å². The number of hydrogen-bond acceptors (Lipinski definition) is 5. The molecule has 7 heteroatoms. The summed E-state index contributed by atoms with van der Waals surface area (Å²) in [4.78, 5) is 19.7. The fourth-order valence-corrected chi connectivity index (χ4v) is 2.27. The minimum Gasteiger partial charge on any atom is -0.478 e. The Bertz CT molecular complexity index is 886. The van der Waals surface area contributed by atoms with Crippen molar-refractivity contribution in [2.45, 2.75) is 0 Å². The van der Waals surface area contributed by atoms with Gasteiger partial charge in [-0.3, -0.25) is 0 Å². The maximum atomic E-state index is 11.2. The van der Waals surface area contributed by atoms with Gasteiger partial charge in [-0.05, 0) is 30.3 Å². The summed E-state index contributed by atoms with van der Waals surface area (Å²) in [6.07, 6.45) is 1.57. The molecule has 0 saturated heterocycles. The third-order valence-electron chi connectivity index (χ3n) is 3.20. The Labute approximate surface area is 143 Å². The van der Waals surface area contributed by atoms with Gasteiger partial charge in [0.25, 0.3) is 0 Å². The van der Waals surface area contributed by atoms with Crippen LogP contribution < -0.4 is 10.6 Å². The van der Waals surface area contributed by atoms with Crippen LogP contribution in [0, 0.1) is 0 Å². The van der Waals surface area contributed by atoms with Gasteiger partial charge in [0.05, 0.1) is 22.0 Å². The summed E-state index contributed by atoms with van der Waals surface area (Å²) in [5.74, 6) is -0.211. The summed E-state index contributed by atoms with van der Waals surface area (Å²) in [6.45, 7) is 0. The monoisotopic (exact) mass is 340 g/mol. The zero-order chi connectivity index (χ0) is 16.9. The number of carboxylic acids is 1. The second-order valence-corrected chi connectivity index (χ2v) is 5.25. The van der Waals surface area contributed by atoms with E-state index in [2.05, 4.69) is 20.6 Å². The zero-order valence-corrected chi connectivity index (χ0v) is 13.2. The molecule has 24 heavy (non-hydrogen) atoms. The van der Waals surface area contributed by atoms with Gasteiger partial charge in [-0.1, -0.05) is 35.9 Å². The third-order valence-corrected chi connectivity index (χ3v) is 3.53. The largest absolute Gasteiger partial charge is 0.478 e. The van der Waals surface area contributed by atoms with Crippen LogP contribution in [0.15, 0.2) is 60.8 Å². The Hall–Kier alpha value is -3.12. The number of aromatic nitrogens is 2. The fourth-order valence-electron chi connectivity index (χ4n) is 2.09. The lowest BCUT2D eigenvalue weighted by Crippen LogP contribution is -2.05. The molecule has 0 fully saturated rings. The lowest BCUT2D eigenvalue weighted by molar-refractivity contribution is 0.0698. The number of carbonyl (C=O) groups is 1. The second-order valence-electron chi connectivity index (χ2n) is 4.85. The first-order valence-electron chi connectivity index (χ1n) is 7.07. The molecule has 0 radical (unpaired) electrons. The van der Waals surface area contributed by atoms with E-state index in [1.54, 1.807) is 36.5 Å². The van der Waals surface area contributed by atoms with E-state index in [-0.39, 0.29) is 11.5 Å². The first-order chi connectivity index (χ1) is 11.6. The van der Waals surface area contributed by atoms with Crippen molar-refractivity contribution in [2.75, 3.05) is 10.6 Å². The third kappa shape index (κ3) is 3.61. The zero-order valence-electron chi connectivity index (χ0n) is 12.4. The smallest absolute Gasteiger partial charge is 0.337 e. The van der Waals surface area contributed by atoms with Gasteiger partial charge >= 0.3 is 5.97 Å². The molecule has 120 valence electrons. The van der Waals surface area contributed by atoms with Gasteiger partial charge in [0, 0.05) is 6.20 Å². The molecule has 0 aliphatic heterocycles. The van der Waals surface area contributed by atoms with Crippen LogP contribution in [0.25, 0.3) is 0 Å². The van der Waals surface area contributed by atoms with Gasteiger partial charge in [-0.15, -0.1) is 0 Å². The van der Waals surface area contributed by atoms with Crippen LogP contribution in [0.2, 0.25) is 5.02 Å². The van der Waals surface area contributed by atoms with Crippen molar-refractivity contribution in [3.05, 3.63) is 71.4 Å². The number of para-hydroxylation sites is 2. The number of halogens is 1. The highest BCUT2D eigenvalue weighted by Crippen LogP contribution is 2.25. The van der Waals surface area contributed by atoms with Crippen LogP contribution in [0.4, 0.5) is 23.1 Å². The van der Waals surface area contributed by atoms with Crippen molar-refractivity contribution in [1.29, 1.82) is 0 Å². The van der Waals surface area contributed by atoms with Gasteiger partial charge in [0.15, 0.2) is 0 Å². The summed E-state index contributed by atoms with van der Waals surface area (Å²) in [6, 6.07) is 15.5. The molecular formula is C17H13ClN4O2. The molecule has 0 saturated carbocycles. The van der Waals surface area contributed by atoms with Gasteiger partial charge in [0.1, 0.15) is 5.82 Å². The Balaban J connectivity index is 1.84. The summed E-state index contributed by atoms with van der Waals surface area (Å²) in [7, 11) is 0. The first-order valence-corrected chi connectivity index (χ1v) is 7.45. The number of nitrogens with one attached hydrogen (secondary N) is 2. The normalized spacial score (nSPS) is 10.2. The van der Waals surface area contributed by atoms with Gasteiger partial charge < -0.3 is 15.7 Å². The quantitative estimate of drug-likeness (QED) is 0.641. The predicted octanol–water partition coefficient (Wildman–Crippen LogP) is 4.32. The van der Waals surface area contributed by atoms with Gasteiger partial charge in [-0.25, -0.2) is 9.78 Å². The van der Waals surface area contributed by atoms with E-state index in [1.807, 2.05) is 18.2 Å². The molecule has 6 nitrogen and oxygen atoms in total. The summed E-state index contributed by atoms with van der Waals surface area (Å²) in [5.41, 5.74) is 1.28. The minimum absolute atomic E-state index is 0.144. The number of rotatable bonds is 5. The SMILES string of the molecule is O=C(O)c1ccccc1Nc1nccc(Nc2ccccc2Cl)n1. The molecule has 2 aromatic carbocycles. The predicted molar refractivity (Wildman–Crippen MR) is 93.5 cm³/mol. The van der Waals surface area contributed by atoms with Crippen molar-refractivity contribution in [3.8, 4) is 0 Å². The van der Waals surface area contributed by atoms with Crippen molar-refractivity contribution in [2.24, 2.45) is 0 Å². The lowest BCUT2D eigenvalue weighted by atomic mass is 10.2. The summed E-state index contributed by atoms with van der Waals surface area (Å²) in [5, 5.41) is 15.8. The number of benzene rings is 2. The Morgan fingerprint density at radius 1 is 0.958 bits per heavy atom. The Morgan fingerprint density at radius 2 is 1.67 bits per heavy atom. The number of aromatic carboxylic acids is 1. The van der Waals surface area contributed by atoms with E-state index < -0.39 is 5.97 Å². The summed E-state index contributed by atoms with van der Waals surface area (Å²) >= 11 is 6.11. The molecule has 3 aromatic rings. The maximum absolute atomic E-state index is 11.2. The van der Waals surface area contributed by atoms with Gasteiger partial charge in [-0.2, -0.15) is 4.98 Å². The van der Waals surface area contributed by atoms with E-state index in [1.165, 1.54) is 6.07 Å². The van der Waals surface area contributed by atoms with Crippen LogP contribution in [0.3, 0.4) is 0 Å². The van der Waals surface area contributed by atoms with Crippen molar-refractivity contribution >= 4 is 40.7 Å². The average molecular weight is 341 g/mol. The second kappa shape index (κ2) is 6.97. The van der Waals surface area contributed by atoms with Crippen LogP contribution in [-0.2, 0) is 0 Å². The number of carboxylic acid groups (broad SMARTS) is 1. The standard InChI is InChI=1S/C17H13ClN4O2/c18-12-6-2-4-8-14(12)20-15-9-10-19-17(22-15)21-13-7-3-1-5-11(13)16(23)24/h1-10H,(H,23,24)(H2,19,20,21,22). The van der Waals surface area contributed by atoms with Crippen LogP contribution in [-0.4, -0.2) is 21.0 Å². The van der Waals surface area contributed by atoms with E-state index in [9.17, 15) is 9.90 Å². The molecule has 1 aromatic heterocycles. The molecule has 0 aliphatic carbocycles. The van der Waals surface area contributed by atoms with Crippen LogP contribution in [0.1, 0.15) is 10.4 Å². The Kier molecular flexibility index (Phi) is 4.58. The summed E-state index contributed by atoms with van der Waals surface area (Å²) < 4.78 is 0. The molecule has 0 spiro atoms. The van der Waals surface area contributed by atoms with E-state index in [0.717, 1.165) is 5.69 Å². The minimum atomic E-state index is -1.02. The molecule has 3 N–H and O–H groups in total. The average Bonchev–Trinajstić information content (AvgIpc) is 2.58. The molecule has 0 atom stereocenters. The van der Waals surface area contributed by atoms with Crippen molar-refractivity contribution in [1.82, 2.24) is 9.97 Å².